The largest absolute Gasteiger partial charge is 0.356 e. The first-order chi connectivity index (χ1) is 10.6. The highest BCUT2D eigenvalue weighted by atomic mass is 32.1. The van der Waals surface area contributed by atoms with Crippen molar-refractivity contribution in [3.8, 4) is 0 Å². The molecule has 2 N–H and O–H groups in total. The van der Waals surface area contributed by atoms with E-state index in [0.29, 0.717) is 24.6 Å². The molecule has 0 amide bonds. The minimum Gasteiger partial charge on any atom is -0.356 e. The summed E-state index contributed by atoms with van der Waals surface area (Å²) in [4.78, 5) is 5.34. The summed E-state index contributed by atoms with van der Waals surface area (Å²) in [7, 11) is 1.69. The van der Waals surface area contributed by atoms with Gasteiger partial charge in [-0.1, -0.05) is 19.1 Å². The van der Waals surface area contributed by atoms with E-state index in [1.807, 2.05) is 24.4 Å². The van der Waals surface area contributed by atoms with E-state index < -0.39 is 11.6 Å². The Labute approximate surface area is 133 Å². The lowest BCUT2D eigenvalue weighted by molar-refractivity contribution is 0.556. The smallest absolute Gasteiger partial charge is 0.191 e. The molecule has 1 aromatic heterocycles. The fraction of sp³-hybridized carbons (Fsp3) is 0.312. The van der Waals surface area contributed by atoms with Crippen LogP contribution in [0.3, 0.4) is 0 Å². The summed E-state index contributed by atoms with van der Waals surface area (Å²) >= 11 is 1.67. The number of hydrogen-bond acceptors (Lipinski definition) is 2. The minimum atomic E-state index is -0.560. The van der Waals surface area contributed by atoms with E-state index in [-0.39, 0.29) is 5.92 Å². The maximum Gasteiger partial charge on any atom is 0.191 e. The Kier molecular flexibility index (Phi) is 5.89. The highest BCUT2D eigenvalue weighted by Crippen LogP contribution is 2.19. The predicted octanol–water partition coefficient (Wildman–Crippen LogP) is 3.50. The molecular weight excluding hydrogens is 304 g/mol. The van der Waals surface area contributed by atoms with E-state index in [0.717, 1.165) is 6.07 Å². The number of thiophene rings is 1. The summed E-state index contributed by atoms with van der Waals surface area (Å²) in [5.41, 5.74) is 0.489. The van der Waals surface area contributed by atoms with Crippen molar-refractivity contribution in [2.24, 2.45) is 4.99 Å². The summed E-state index contributed by atoms with van der Waals surface area (Å²) in [6.07, 6.45) is 0. The van der Waals surface area contributed by atoms with Crippen LogP contribution in [0.2, 0.25) is 0 Å². The average molecular weight is 323 g/mol. The SMILES string of the molecule is CN=C(NCc1cccs1)NCC(C)c1ccc(F)cc1F. The van der Waals surface area contributed by atoms with Crippen LogP contribution in [0.5, 0.6) is 0 Å². The van der Waals surface area contributed by atoms with Crippen LogP contribution < -0.4 is 10.6 Å². The molecule has 0 fully saturated rings. The number of aliphatic imine (C=N–C) groups is 1. The molecule has 3 nitrogen and oxygen atoms in total. The molecule has 6 heteroatoms. The van der Waals surface area contributed by atoms with Crippen LogP contribution in [-0.4, -0.2) is 19.6 Å². The van der Waals surface area contributed by atoms with Gasteiger partial charge in [-0.05, 0) is 23.1 Å². The van der Waals surface area contributed by atoms with E-state index in [1.165, 1.54) is 17.0 Å². The summed E-state index contributed by atoms with van der Waals surface area (Å²) in [5, 5.41) is 8.37. The summed E-state index contributed by atoms with van der Waals surface area (Å²) in [6.45, 7) is 3.08. The highest BCUT2D eigenvalue weighted by Gasteiger charge is 2.12. The molecular formula is C16H19F2N3S. The van der Waals surface area contributed by atoms with Crippen LogP contribution in [-0.2, 0) is 6.54 Å². The Bertz CT molecular complexity index is 626. The predicted molar refractivity (Wildman–Crippen MR) is 87.3 cm³/mol. The van der Waals surface area contributed by atoms with E-state index in [1.54, 1.807) is 18.4 Å². The number of hydrogen-bond donors (Lipinski definition) is 2. The summed E-state index contributed by atoms with van der Waals surface area (Å²) in [5.74, 6) is -0.519. The van der Waals surface area contributed by atoms with Gasteiger partial charge in [0.1, 0.15) is 11.6 Å². The Hall–Kier alpha value is -1.95. The van der Waals surface area contributed by atoms with Gasteiger partial charge in [-0.2, -0.15) is 0 Å². The third-order valence-corrected chi connectivity index (χ3v) is 4.18. The molecule has 0 spiro atoms. The summed E-state index contributed by atoms with van der Waals surface area (Å²) < 4.78 is 26.7. The normalized spacial score (nSPS) is 13.0. The Balaban J connectivity index is 1.87. The molecule has 1 aromatic carbocycles. The first-order valence-corrected chi connectivity index (χ1v) is 7.90. The van der Waals surface area contributed by atoms with Gasteiger partial charge in [0.25, 0.3) is 0 Å². The van der Waals surface area contributed by atoms with E-state index in [9.17, 15) is 8.78 Å². The molecule has 2 aromatic rings. The van der Waals surface area contributed by atoms with Gasteiger partial charge in [0.05, 0.1) is 6.54 Å². The molecule has 2 rings (SSSR count). The van der Waals surface area contributed by atoms with Crippen molar-refractivity contribution in [3.05, 3.63) is 57.8 Å². The van der Waals surface area contributed by atoms with Crippen LogP contribution in [0, 0.1) is 11.6 Å². The second-order valence-corrected chi connectivity index (χ2v) is 5.99. The number of benzene rings is 1. The first-order valence-electron chi connectivity index (χ1n) is 7.02. The molecule has 22 heavy (non-hydrogen) atoms. The van der Waals surface area contributed by atoms with Crippen molar-refractivity contribution >= 4 is 17.3 Å². The number of nitrogens with one attached hydrogen (secondary N) is 2. The van der Waals surface area contributed by atoms with Crippen LogP contribution in [0.25, 0.3) is 0 Å². The van der Waals surface area contributed by atoms with Crippen LogP contribution >= 0.6 is 11.3 Å². The average Bonchev–Trinajstić information content (AvgIpc) is 3.00. The number of guanidine groups is 1. The van der Waals surface area contributed by atoms with Gasteiger partial charge in [-0.15, -0.1) is 11.3 Å². The van der Waals surface area contributed by atoms with E-state index in [2.05, 4.69) is 15.6 Å². The highest BCUT2D eigenvalue weighted by molar-refractivity contribution is 7.09. The maximum atomic E-state index is 13.7. The molecule has 1 atom stereocenters. The zero-order chi connectivity index (χ0) is 15.9. The van der Waals surface area contributed by atoms with Gasteiger partial charge in [0, 0.05) is 30.5 Å². The minimum absolute atomic E-state index is 0.0964. The van der Waals surface area contributed by atoms with Gasteiger partial charge in [0.2, 0.25) is 0 Å². The Morgan fingerprint density at radius 3 is 2.73 bits per heavy atom. The van der Waals surface area contributed by atoms with Gasteiger partial charge in [-0.25, -0.2) is 8.78 Å². The van der Waals surface area contributed by atoms with Gasteiger partial charge >= 0.3 is 0 Å². The second-order valence-electron chi connectivity index (χ2n) is 4.95. The third-order valence-electron chi connectivity index (χ3n) is 3.30. The monoisotopic (exact) mass is 323 g/mol. The van der Waals surface area contributed by atoms with Gasteiger partial charge in [-0.3, -0.25) is 4.99 Å². The quantitative estimate of drug-likeness (QED) is 0.653. The first kappa shape index (κ1) is 16.4. The number of rotatable bonds is 5. The molecule has 0 aliphatic rings. The molecule has 0 radical (unpaired) electrons. The summed E-state index contributed by atoms with van der Waals surface area (Å²) in [6, 6.07) is 7.71. The lowest BCUT2D eigenvalue weighted by Crippen LogP contribution is -2.38. The fourth-order valence-corrected chi connectivity index (χ4v) is 2.71. The number of halogens is 2. The Morgan fingerprint density at radius 2 is 2.09 bits per heavy atom. The molecule has 1 heterocycles. The zero-order valence-electron chi connectivity index (χ0n) is 12.6. The van der Waals surface area contributed by atoms with Gasteiger partial charge in [0.15, 0.2) is 5.96 Å². The van der Waals surface area contributed by atoms with Crippen molar-refractivity contribution in [1.82, 2.24) is 10.6 Å². The third kappa shape index (κ3) is 4.53. The fourth-order valence-electron chi connectivity index (χ4n) is 2.07. The van der Waals surface area contributed by atoms with Crippen LogP contribution in [0.15, 0.2) is 40.7 Å². The molecule has 1 unspecified atom stereocenters. The van der Waals surface area contributed by atoms with Crippen LogP contribution in [0.1, 0.15) is 23.3 Å². The molecule has 0 bridgehead atoms. The molecule has 0 saturated carbocycles. The lowest BCUT2D eigenvalue weighted by atomic mass is 10.0. The van der Waals surface area contributed by atoms with Crippen molar-refractivity contribution < 1.29 is 8.78 Å². The second kappa shape index (κ2) is 7.89. The van der Waals surface area contributed by atoms with Crippen molar-refractivity contribution in [2.45, 2.75) is 19.4 Å². The Morgan fingerprint density at radius 1 is 1.27 bits per heavy atom. The van der Waals surface area contributed by atoms with Crippen molar-refractivity contribution in [3.63, 3.8) is 0 Å². The van der Waals surface area contributed by atoms with E-state index in [4.69, 9.17) is 0 Å². The van der Waals surface area contributed by atoms with Crippen molar-refractivity contribution in [2.75, 3.05) is 13.6 Å². The lowest BCUT2D eigenvalue weighted by Gasteiger charge is -2.16. The number of nitrogens with zero attached hydrogens (tertiary/aromatic N) is 1. The topological polar surface area (TPSA) is 36.4 Å². The maximum absolute atomic E-state index is 13.7. The van der Waals surface area contributed by atoms with Crippen LogP contribution in [0.4, 0.5) is 8.78 Å². The molecule has 118 valence electrons. The molecule has 0 aliphatic carbocycles. The van der Waals surface area contributed by atoms with E-state index >= 15 is 0 Å². The van der Waals surface area contributed by atoms with Gasteiger partial charge < -0.3 is 10.6 Å². The molecule has 0 saturated heterocycles. The zero-order valence-corrected chi connectivity index (χ0v) is 13.4. The standard InChI is InChI=1S/C16H19F2N3S/c1-11(14-6-5-12(17)8-15(14)18)9-20-16(19-2)21-10-13-4-3-7-22-13/h3-8,11H,9-10H2,1-2H3,(H2,19,20,21). The molecule has 0 aliphatic heterocycles. The van der Waals surface area contributed by atoms with Crippen molar-refractivity contribution in [1.29, 1.82) is 0 Å².